The zero-order valence-corrected chi connectivity index (χ0v) is 9.76. The van der Waals surface area contributed by atoms with Crippen LogP contribution in [0.25, 0.3) is 0 Å². The summed E-state index contributed by atoms with van der Waals surface area (Å²) in [4.78, 5) is 24.9. The first kappa shape index (κ1) is 12.1. The van der Waals surface area contributed by atoms with Gasteiger partial charge in [0.1, 0.15) is 12.7 Å². The third-order valence-corrected chi connectivity index (χ3v) is 2.95. The first-order valence-corrected chi connectivity index (χ1v) is 5.90. The molecule has 0 aromatic heterocycles. The van der Waals surface area contributed by atoms with Gasteiger partial charge in [-0.3, -0.25) is 4.79 Å². The molecule has 1 saturated carbocycles. The minimum Gasteiger partial charge on any atom is -0.445 e. The summed E-state index contributed by atoms with van der Waals surface area (Å²) in [6.45, 7) is 4.85. The van der Waals surface area contributed by atoms with Crippen LogP contribution in [0.2, 0.25) is 0 Å². The summed E-state index contributed by atoms with van der Waals surface area (Å²) in [5, 5.41) is 0. The molecule has 1 saturated heterocycles. The normalized spacial score (nSPS) is 24.2. The maximum absolute atomic E-state index is 11.8. The summed E-state index contributed by atoms with van der Waals surface area (Å²) in [5.41, 5.74) is 0. The molecule has 1 heterocycles. The van der Waals surface area contributed by atoms with Crippen molar-refractivity contribution in [2.75, 3.05) is 26.3 Å². The largest absolute Gasteiger partial charge is 0.445 e. The van der Waals surface area contributed by atoms with Crippen molar-refractivity contribution in [3.8, 4) is 0 Å². The molecule has 17 heavy (non-hydrogen) atoms. The lowest BCUT2D eigenvalue weighted by Crippen LogP contribution is -2.49. The van der Waals surface area contributed by atoms with Crippen LogP contribution in [0.1, 0.15) is 12.8 Å². The Balaban J connectivity index is 1.85. The average molecular weight is 239 g/mol. The summed E-state index contributed by atoms with van der Waals surface area (Å²) in [7, 11) is 0. The quantitative estimate of drug-likeness (QED) is 0.686. The van der Waals surface area contributed by atoms with E-state index in [2.05, 4.69) is 6.58 Å². The van der Waals surface area contributed by atoms with Crippen molar-refractivity contribution in [2.24, 2.45) is 5.92 Å². The van der Waals surface area contributed by atoms with Gasteiger partial charge >= 0.3 is 6.09 Å². The molecule has 0 spiro atoms. The summed E-state index contributed by atoms with van der Waals surface area (Å²) < 4.78 is 10.3. The minimum absolute atomic E-state index is 0.131. The average Bonchev–Trinajstić information content (AvgIpc) is 3.19. The number of Topliss-reactive ketones (excluding diaryl/α,β-unsaturated/α-hetero) is 1. The maximum Gasteiger partial charge on any atom is 0.410 e. The minimum atomic E-state index is -0.465. The number of rotatable bonds is 4. The molecular formula is C12H17NO4. The van der Waals surface area contributed by atoms with E-state index in [1.165, 1.54) is 11.0 Å². The summed E-state index contributed by atoms with van der Waals surface area (Å²) in [6, 6.07) is 0. The standard InChI is InChI=1S/C12H17NO4/c1-2-6-17-12(15)13-5-7-16-10(8-13)11(14)9-3-4-9/h2,9-10H,1,3-8H2. The summed E-state index contributed by atoms with van der Waals surface area (Å²) in [5.74, 6) is 0.287. The third kappa shape index (κ3) is 3.06. The Hall–Kier alpha value is -1.36. The van der Waals surface area contributed by atoms with Gasteiger partial charge < -0.3 is 14.4 Å². The van der Waals surface area contributed by atoms with Crippen LogP contribution in [0, 0.1) is 5.92 Å². The molecule has 0 bridgehead atoms. The van der Waals surface area contributed by atoms with Gasteiger partial charge in [-0.15, -0.1) is 0 Å². The maximum atomic E-state index is 11.8. The Labute approximate surface area is 100 Å². The van der Waals surface area contributed by atoms with Crippen LogP contribution < -0.4 is 0 Å². The zero-order chi connectivity index (χ0) is 12.3. The van der Waals surface area contributed by atoms with Gasteiger partial charge in [-0.25, -0.2) is 4.79 Å². The van der Waals surface area contributed by atoms with Crippen molar-refractivity contribution in [1.29, 1.82) is 0 Å². The van der Waals surface area contributed by atoms with E-state index >= 15 is 0 Å². The van der Waals surface area contributed by atoms with Crippen LogP contribution in [0.15, 0.2) is 12.7 Å². The fourth-order valence-electron chi connectivity index (χ4n) is 1.84. The van der Waals surface area contributed by atoms with Crippen molar-refractivity contribution >= 4 is 11.9 Å². The van der Waals surface area contributed by atoms with Crippen LogP contribution in [0.5, 0.6) is 0 Å². The Morgan fingerprint density at radius 3 is 2.88 bits per heavy atom. The van der Waals surface area contributed by atoms with E-state index in [0.717, 1.165) is 12.8 Å². The highest BCUT2D eigenvalue weighted by Crippen LogP contribution is 2.32. The van der Waals surface area contributed by atoms with Gasteiger partial charge in [0.05, 0.1) is 13.2 Å². The molecule has 1 aliphatic heterocycles. The van der Waals surface area contributed by atoms with Gasteiger partial charge in [-0.2, -0.15) is 0 Å². The Morgan fingerprint density at radius 2 is 2.24 bits per heavy atom. The topological polar surface area (TPSA) is 55.8 Å². The van der Waals surface area contributed by atoms with Crippen LogP contribution in [-0.4, -0.2) is 49.2 Å². The molecule has 5 heteroatoms. The number of carbonyl (C=O) groups excluding carboxylic acids is 2. The number of hydrogen-bond acceptors (Lipinski definition) is 4. The van der Waals surface area contributed by atoms with Crippen LogP contribution in [-0.2, 0) is 14.3 Å². The summed E-state index contributed by atoms with van der Waals surface area (Å²) >= 11 is 0. The van der Waals surface area contributed by atoms with Crippen molar-refractivity contribution < 1.29 is 19.1 Å². The molecule has 1 amide bonds. The van der Waals surface area contributed by atoms with Crippen LogP contribution in [0.3, 0.4) is 0 Å². The Bertz CT molecular complexity index is 324. The first-order chi connectivity index (χ1) is 8.22. The highest BCUT2D eigenvalue weighted by Gasteiger charge is 2.38. The fraction of sp³-hybridized carbons (Fsp3) is 0.667. The number of nitrogens with zero attached hydrogens (tertiary/aromatic N) is 1. The summed E-state index contributed by atoms with van der Waals surface area (Å²) in [6.07, 6.45) is 2.57. The van der Waals surface area contributed by atoms with Gasteiger partial charge in [0.2, 0.25) is 0 Å². The molecule has 0 aromatic rings. The first-order valence-electron chi connectivity index (χ1n) is 5.90. The lowest BCUT2D eigenvalue weighted by Gasteiger charge is -2.31. The lowest BCUT2D eigenvalue weighted by molar-refractivity contribution is -0.136. The molecule has 5 nitrogen and oxygen atoms in total. The second-order valence-corrected chi connectivity index (χ2v) is 4.35. The van der Waals surface area contributed by atoms with E-state index in [-0.39, 0.29) is 18.3 Å². The molecule has 0 N–H and O–H groups in total. The number of ether oxygens (including phenoxy) is 2. The van der Waals surface area contributed by atoms with Gasteiger partial charge in [0.15, 0.2) is 5.78 Å². The van der Waals surface area contributed by atoms with E-state index in [1.807, 2.05) is 0 Å². The van der Waals surface area contributed by atoms with Gasteiger partial charge in [0, 0.05) is 12.5 Å². The van der Waals surface area contributed by atoms with Crippen molar-refractivity contribution in [3.63, 3.8) is 0 Å². The molecule has 1 unspecified atom stereocenters. The van der Waals surface area contributed by atoms with Crippen molar-refractivity contribution in [3.05, 3.63) is 12.7 Å². The van der Waals surface area contributed by atoms with Gasteiger partial charge in [0.25, 0.3) is 0 Å². The van der Waals surface area contributed by atoms with Gasteiger partial charge in [-0.05, 0) is 12.8 Å². The third-order valence-electron chi connectivity index (χ3n) is 2.95. The van der Waals surface area contributed by atoms with E-state index < -0.39 is 12.2 Å². The monoisotopic (exact) mass is 239 g/mol. The SMILES string of the molecule is C=CCOC(=O)N1CCOC(C(=O)C2CC2)C1. The Morgan fingerprint density at radius 1 is 1.47 bits per heavy atom. The zero-order valence-electron chi connectivity index (χ0n) is 9.76. The van der Waals surface area contributed by atoms with E-state index in [9.17, 15) is 9.59 Å². The van der Waals surface area contributed by atoms with Crippen LogP contribution in [0.4, 0.5) is 4.79 Å². The molecule has 2 fully saturated rings. The highest BCUT2D eigenvalue weighted by molar-refractivity contribution is 5.88. The molecule has 2 aliphatic rings. The molecule has 1 atom stereocenters. The molecule has 1 aliphatic carbocycles. The number of ketones is 1. The molecule has 0 aromatic carbocycles. The molecule has 94 valence electrons. The second-order valence-electron chi connectivity index (χ2n) is 4.35. The van der Waals surface area contributed by atoms with E-state index in [0.29, 0.717) is 19.7 Å². The predicted octanol–water partition coefficient (Wildman–Crippen LogP) is 0.989. The number of amides is 1. The van der Waals surface area contributed by atoms with Crippen molar-refractivity contribution in [1.82, 2.24) is 4.90 Å². The molecule has 2 rings (SSSR count). The highest BCUT2D eigenvalue weighted by atomic mass is 16.6. The van der Waals surface area contributed by atoms with Crippen molar-refractivity contribution in [2.45, 2.75) is 18.9 Å². The predicted molar refractivity (Wildman–Crippen MR) is 60.6 cm³/mol. The Kier molecular flexibility index (Phi) is 3.78. The fourth-order valence-corrected chi connectivity index (χ4v) is 1.84. The molecule has 0 radical (unpaired) electrons. The smallest absolute Gasteiger partial charge is 0.410 e. The van der Waals surface area contributed by atoms with E-state index in [1.54, 1.807) is 0 Å². The van der Waals surface area contributed by atoms with E-state index in [4.69, 9.17) is 9.47 Å². The van der Waals surface area contributed by atoms with Gasteiger partial charge in [-0.1, -0.05) is 12.7 Å². The lowest BCUT2D eigenvalue weighted by atomic mass is 10.1. The number of carbonyl (C=O) groups is 2. The second kappa shape index (κ2) is 5.31. The molecular weight excluding hydrogens is 222 g/mol. The number of morpholine rings is 1. The number of hydrogen-bond donors (Lipinski definition) is 0. The van der Waals surface area contributed by atoms with Crippen LogP contribution >= 0.6 is 0 Å².